The highest BCUT2D eigenvalue weighted by molar-refractivity contribution is 6.35. The van der Waals surface area contributed by atoms with Gasteiger partial charge in [0.2, 0.25) is 0 Å². The van der Waals surface area contributed by atoms with Crippen LogP contribution in [0.15, 0.2) is 77.9 Å². The number of ether oxygens (including phenoxy) is 2. The highest BCUT2D eigenvalue weighted by atomic mass is 16.5. The van der Waals surface area contributed by atoms with Crippen molar-refractivity contribution in [3.8, 4) is 11.5 Å². The molecular weight excluding hydrogens is 472 g/mol. The van der Waals surface area contributed by atoms with Crippen LogP contribution >= 0.6 is 0 Å². The molecule has 3 rings (SSSR count). The summed E-state index contributed by atoms with van der Waals surface area (Å²) < 4.78 is 11.0. The van der Waals surface area contributed by atoms with E-state index in [0.29, 0.717) is 30.0 Å². The third kappa shape index (κ3) is 8.50. The highest BCUT2D eigenvalue weighted by Gasteiger charge is 2.12. The fourth-order valence-corrected chi connectivity index (χ4v) is 3.43. The van der Waals surface area contributed by atoms with Gasteiger partial charge in [0.15, 0.2) is 18.1 Å². The zero-order valence-corrected chi connectivity index (χ0v) is 20.8. The maximum atomic E-state index is 12.3. The van der Waals surface area contributed by atoms with E-state index >= 15 is 0 Å². The molecule has 3 amide bonds. The lowest BCUT2D eigenvalue weighted by molar-refractivity contribution is -0.139. The van der Waals surface area contributed by atoms with E-state index in [1.165, 1.54) is 13.3 Å². The van der Waals surface area contributed by atoms with Gasteiger partial charge in [-0.2, -0.15) is 5.10 Å². The lowest BCUT2D eigenvalue weighted by Gasteiger charge is -2.13. The van der Waals surface area contributed by atoms with Crippen molar-refractivity contribution in [1.82, 2.24) is 10.7 Å². The van der Waals surface area contributed by atoms with Gasteiger partial charge in [0.1, 0.15) is 0 Å². The number of aryl methyl sites for hydroxylation is 1. The Bertz CT molecular complexity index is 1240. The molecule has 0 aliphatic rings. The lowest BCUT2D eigenvalue weighted by atomic mass is 10.1. The fraction of sp³-hybridized carbons (Fsp3) is 0.214. The van der Waals surface area contributed by atoms with Gasteiger partial charge < -0.3 is 20.1 Å². The summed E-state index contributed by atoms with van der Waals surface area (Å²) in [6.45, 7) is 2.16. The Labute approximate surface area is 215 Å². The number of nitrogens with zero attached hydrogens (tertiary/aromatic N) is 1. The summed E-state index contributed by atoms with van der Waals surface area (Å²) in [7, 11) is 1.47. The average Bonchev–Trinajstić information content (AvgIpc) is 2.92. The Hall–Kier alpha value is -4.66. The van der Waals surface area contributed by atoms with E-state index in [0.717, 1.165) is 23.2 Å². The molecule has 0 heterocycles. The number of hydrazone groups is 1. The van der Waals surface area contributed by atoms with Crippen molar-refractivity contribution >= 4 is 29.6 Å². The molecule has 9 heteroatoms. The highest BCUT2D eigenvalue weighted by Crippen LogP contribution is 2.27. The van der Waals surface area contributed by atoms with Crippen molar-refractivity contribution in [2.24, 2.45) is 5.10 Å². The average molecular weight is 503 g/mol. The molecule has 3 aromatic rings. The van der Waals surface area contributed by atoms with Gasteiger partial charge in [0, 0.05) is 12.2 Å². The van der Waals surface area contributed by atoms with Crippen LogP contribution in [0.5, 0.6) is 11.5 Å². The molecule has 0 aromatic heterocycles. The third-order valence-corrected chi connectivity index (χ3v) is 5.35. The van der Waals surface area contributed by atoms with Crippen LogP contribution in [0.1, 0.15) is 23.6 Å². The van der Waals surface area contributed by atoms with Crippen molar-refractivity contribution in [3.63, 3.8) is 0 Å². The molecule has 9 nitrogen and oxygen atoms in total. The molecule has 0 bridgehead atoms. The Kier molecular flexibility index (Phi) is 10.2. The summed E-state index contributed by atoms with van der Waals surface area (Å²) in [5, 5.41) is 9.23. The van der Waals surface area contributed by atoms with Crippen LogP contribution in [0, 0.1) is 0 Å². The molecule has 0 fully saturated rings. The molecule has 0 unspecified atom stereocenters. The number of hydrogen-bond acceptors (Lipinski definition) is 6. The zero-order valence-electron chi connectivity index (χ0n) is 20.8. The second kappa shape index (κ2) is 14.0. The summed E-state index contributed by atoms with van der Waals surface area (Å²) in [6, 6.07) is 22.2. The van der Waals surface area contributed by atoms with Gasteiger partial charge in [-0.25, -0.2) is 5.43 Å². The molecule has 0 aliphatic carbocycles. The molecule has 0 spiro atoms. The summed E-state index contributed by atoms with van der Waals surface area (Å²) >= 11 is 0. The molecule has 0 aliphatic heterocycles. The molecule has 3 aromatic carbocycles. The molecule has 3 N–H and O–H groups in total. The number of anilines is 1. The van der Waals surface area contributed by atoms with Crippen LogP contribution in [-0.4, -0.2) is 44.2 Å². The van der Waals surface area contributed by atoms with Crippen LogP contribution in [0.2, 0.25) is 0 Å². The van der Waals surface area contributed by atoms with Crippen LogP contribution < -0.4 is 25.5 Å². The minimum Gasteiger partial charge on any atom is -0.493 e. The van der Waals surface area contributed by atoms with E-state index in [2.05, 4.69) is 21.2 Å². The number of benzene rings is 3. The van der Waals surface area contributed by atoms with E-state index in [-0.39, 0.29) is 12.5 Å². The normalized spacial score (nSPS) is 10.5. The fourth-order valence-electron chi connectivity index (χ4n) is 3.43. The number of carbonyl (C=O) groups is 3. The number of methoxy groups -OCH3 is 1. The summed E-state index contributed by atoms with van der Waals surface area (Å²) in [6.07, 6.45) is 2.79. The quantitative estimate of drug-likeness (QED) is 0.212. The molecule has 0 saturated carbocycles. The predicted octanol–water partition coefficient (Wildman–Crippen LogP) is 3.08. The SMILES string of the molecule is CCc1ccccc1NC(=O)COc1ccc(/C=N\NC(=O)C(=O)NCCc2ccccc2)cc1OC. The second-order valence-electron chi connectivity index (χ2n) is 7.95. The zero-order chi connectivity index (χ0) is 26.5. The Morgan fingerprint density at radius 2 is 1.68 bits per heavy atom. The van der Waals surface area contributed by atoms with Gasteiger partial charge in [0.25, 0.3) is 5.91 Å². The topological polar surface area (TPSA) is 118 Å². The van der Waals surface area contributed by atoms with Gasteiger partial charge in [-0.15, -0.1) is 0 Å². The molecular formula is C28H30N4O5. The Morgan fingerprint density at radius 3 is 2.43 bits per heavy atom. The molecule has 0 radical (unpaired) electrons. The first-order valence-corrected chi connectivity index (χ1v) is 11.8. The monoisotopic (exact) mass is 502 g/mol. The lowest BCUT2D eigenvalue weighted by Crippen LogP contribution is -2.38. The Morgan fingerprint density at radius 1 is 0.919 bits per heavy atom. The van der Waals surface area contributed by atoms with E-state index in [9.17, 15) is 14.4 Å². The predicted molar refractivity (Wildman–Crippen MR) is 142 cm³/mol. The standard InChI is InChI=1S/C28H30N4O5/c1-3-22-11-7-8-12-23(22)31-26(33)19-37-24-14-13-21(17-25(24)36-2)18-30-32-28(35)27(34)29-16-15-20-9-5-4-6-10-20/h4-14,17-18H,3,15-16,19H2,1-2H3,(H,29,34)(H,31,33)(H,32,35)/b30-18-. The van der Waals surface area contributed by atoms with Crippen LogP contribution in [0.25, 0.3) is 0 Å². The smallest absolute Gasteiger partial charge is 0.329 e. The van der Waals surface area contributed by atoms with Crippen molar-refractivity contribution in [3.05, 3.63) is 89.5 Å². The van der Waals surface area contributed by atoms with Crippen LogP contribution in [0.3, 0.4) is 0 Å². The number of para-hydroxylation sites is 1. The van der Waals surface area contributed by atoms with Crippen molar-refractivity contribution < 1.29 is 23.9 Å². The van der Waals surface area contributed by atoms with Gasteiger partial charge in [0.05, 0.1) is 13.3 Å². The number of hydrogen-bond donors (Lipinski definition) is 3. The van der Waals surface area contributed by atoms with Gasteiger partial charge in [-0.3, -0.25) is 14.4 Å². The van der Waals surface area contributed by atoms with Gasteiger partial charge >= 0.3 is 11.8 Å². The summed E-state index contributed by atoms with van der Waals surface area (Å²) in [5.74, 6) is -1.17. The van der Waals surface area contributed by atoms with Crippen LogP contribution in [-0.2, 0) is 27.2 Å². The van der Waals surface area contributed by atoms with Crippen molar-refractivity contribution in [2.75, 3.05) is 25.6 Å². The first-order valence-electron chi connectivity index (χ1n) is 11.8. The number of amides is 3. The van der Waals surface area contributed by atoms with Crippen LogP contribution in [0.4, 0.5) is 5.69 Å². The maximum absolute atomic E-state index is 12.3. The van der Waals surface area contributed by atoms with E-state index < -0.39 is 11.8 Å². The minimum absolute atomic E-state index is 0.197. The van der Waals surface area contributed by atoms with E-state index in [1.807, 2.05) is 61.5 Å². The molecule has 0 saturated heterocycles. The van der Waals surface area contributed by atoms with Crippen molar-refractivity contribution in [1.29, 1.82) is 0 Å². The second-order valence-corrected chi connectivity index (χ2v) is 7.95. The number of rotatable bonds is 11. The molecule has 0 atom stereocenters. The van der Waals surface area contributed by atoms with Crippen molar-refractivity contribution in [2.45, 2.75) is 19.8 Å². The minimum atomic E-state index is -0.869. The third-order valence-electron chi connectivity index (χ3n) is 5.35. The molecule has 192 valence electrons. The first kappa shape index (κ1) is 26.9. The van der Waals surface area contributed by atoms with Gasteiger partial charge in [-0.05, 0) is 53.8 Å². The van der Waals surface area contributed by atoms with Gasteiger partial charge in [-0.1, -0.05) is 55.5 Å². The van der Waals surface area contributed by atoms with E-state index in [4.69, 9.17) is 9.47 Å². The maximum Gasteiger partial charge on any atom is 0.329 e. The summed E-state index contributed by atoms with van der Waals surface area (Å²) in [5.41, 5.74) is 5.64. The molecule has 37 heavy (non-hydrogen) atoms. The number of nitrogens with one attached hydrogen (secondary N) is 3. The largest absolute Gasteiger partial charge is 0.493 e. The van der Waals surface area contributed by atoms with E-state index in [1.54, 1.807) is 18.2 Å². The Balaban J connectivity index is 1.47. The summed E-state index contributed by atoms with van der Waals surface area (Å²) in [4.78, 5) is 36.2. The first-order chi connectivity index (χ1) is 18.0. The number of carbonyl (C=O) groups excluding carboxylic acids is 3.